The van der Waals surface area contributed by atoms with Crippen molar-refractivity contribution in [3.8, 4) is 5.75 Å². The first-order valence-electron chi connectivity index (χ1n) is 5.71. The van der Waals surface area contributed by atoms with Gasteiger partial charge in [-0.05, 0) is 46.3 Å². The van der Waals surface area contributed by atoms with Gasteiger partial charge in [-0.15, -0.1) is 0 Å². The average Bonchev–Trinajstić information content (AvgIpc) is 2.43. The van der Waals surface area contributed by atoms with Gasteiger partial charge in [0.05, 0.1) is 12.1 Å². The van der Waals surface area contributed by atoms with E-state index in [-0.39, 0.29) is 5.91 Å². The normalized spacial score (nSPS) is 10.2. The standard InChI is InChI=1S/C14H12BrClN2O2/c1-20-13-7-9(3-4-11(13)16)18-14(19)8-2-5-12(17)10(15)6-8/h2-7H,17H2,1H3,(H,18,19). The van der Waals surface area contributed by atoms with Crippen molar-refractivity contribution in [2.75, 3.05) is 18.2 Å². The maximum atomic E-state index is 12.1. The van der Waals surface area contributed by atoms with Gasteiger partial charge in [-0.1, -0.05) is 11.6 Å². The number of carbonyl (C=O) groups excluding carboxylic acids is 1. The summed E-state index contributed by atoms with van der Waals surface area (Å²) in [6.45, 7) is 0. The molecule has 0 atom stereocenters. The van der Waals surface area contributed by atoms with Crippen LogP contribution in [0.2, 0.25) is 5.02 Å². The van der Waals surface area contributed by atoms with E-state index in [0.717, 1.165) is 0 Å². The molecular weight excluding hydrogens is 344 g/mol. The number of halogens is 2. The van der Waals surface area contributed by atoms with Crippen molar-refractivity contribution in [1.82, 2.24) is 0 Å². The highest BCUT2D eigenvalue weighted by molar-refractivity contribution is 9.10. The van der Waals surface area contributed by atoms with Crippen molar-refractivity contribution < 1.29 is 9.53 Å². The summed E-state index contributed by atoms with van der Waals surface area (Å²) in [4.78, 5) is 12.1. The van der Waals surface area contributed by atoms with Gasteiger partial charge in [-0.2, -0.15) is 0 Å². The Bertz CT molecular complexity index is 662. The first-order valence-corrected chi connectivity index (χ1v) is 6.88. The van der Waals surface area contributed by atoms with Crippen LogP contribution in [0, 0.1) is 0 Å². The highest BCUT2D eigenvalue weighted by Gasteiger charge is 2.09. The lowest BCUT2D eigenvalue weighted by atomic mass is 10.2. The third-order valence-corrected chi connectivity index (χ3v) is 3.67. The molecule has 20 heavy (non-hydrogen) atoms. The Hall–Kier alpha value is -1.72. The highest BCUT2D eigenvalue weighted by atomic mass is 79.9. The third kappa shape index (κ3) is 3.23. The molecule has 0 aliphatic heterocycles. The minimum atomic E-state index is -0.241. The predicted octanol–water partition coefficient (Wildman–Crippen LogP) is 3.95. The van der Waals surface area contributed by atoms with Crippen molar-refractivity contribution in [2.24, 2.45) is 0 Å². The van der Waals surface area contributed by atoms with Crippen molar-refractivity contribution >= 4 is 44.8 Å². The summed E-state index contributed by atoms with van der Waals surface area (Å²) in [5.41, 5.74) is 7.37. The molecule has 0 saturated heterocycles. The lowest BCUT2D eigenvalue weighted by molar-refractivity contribution is 0.102. The smallest absolute Gasteiger partial charge is 0.255 e. The summed E-state index contributed by atoms with van der Waals surface area (Å²) in [5.74, 6) is 0.262. The number of carbonyl (C=O) groups is 1. The number of amides is 1. The average molecular weight is 356 g/mol. The molecule has 0 fully saturated rings. The largest absolute Gasteiger partial charge is 0.495 e. The van der Waals surface area contributed by atoms with Gasteiger partial charge in [0.15, 0.2) is 0 Å². The van der Waals surface area contributed by atoms with Crippen molar-refractivity contribution in [3.05, 3.63) is 51.5 Å². The van der Waals surface area contributed by atoms with Crippen LogP contribution >= 0.6 is 27.5 Å². The number of ether oxygens (including phenoxy) is 1. The molecule has 0 heterocycles. The Morgan fingerprint density at radius 1 is 1.30 bits per heavy atom. The molecule has 2 rings (SSSR count). The molecule has 0 saturated carbocycles. The second-order valence-corrected chi connectivity index (χ2v) is 5.30. The van der Waals surface area contributed by atoms with E-state index in [1.165, 1.54) is 7.11 Å². The molecule has 1 amide bonds. The number of hydrogen-bond acceptors (Lipinski definition) is 3. The van der Waals surface area contributed by atoms with Crippen LogP contribution in [0.1, 0.15) is 10.4 Å². The van der Waals surface area contributed by atoms with Crippen molar-refractivity contribution in [3.63, 3.8) is 0 Å². The molecule has 0 radical (unpaired) electrons. The Morgan fingerprint density at radius 3 is 2.70 bits per heavy atom. The maximum absolute atomic E-state index is 12.1. The maximum Gasteiger partial charge on any atom is 0.255 e. The topological polar surface area (TPSA) is 64.3 Å². The lowest BCUT2D eigenvalue weighted by Gasteiger charge is -2.09. The molecule has 2 aromatic rings. The van der Waals surface area contributed by atoms with Crippen LogP contribution < -0.4 is 15.8 Å². The highest BCUT2D eigenvalue weighted by Crippen LogP contribution is 2.28. The predicted molar refractivity (Wildman–Crippen MR) is 84.5 cm³/mol. The van der Waals surface area contributed by atoms with Crippen LogP contribution in [0.5, 0.6) is 5.75 Å². The summed E-state index contributed by atoms with van der Waals surface area (Å²) in [6.07, 6.45) is 0. The molecule has 0 aliphatic carbocycles. The zero-order valence-electron chi connectivity index (χ0n) is 10.6. The van der Waals surface area contributed by atoms with E-state index in [0.29, 0.717) is 32.2 Å². The van der Waals surface area contributed by atoms with Gasteiger partial charge >= 0.3 is 0 Å². The molecule has 6 heteroatoms. The number of anilines is 2. The molecular formula is C14H12BrClN2O2. The number of benzene rings is 2. The Morgan fingerprint density at radius 2 is 2.05 bits per heavy atom. The summed E-state index contributed by atoms with van der Waals surface area (Å²) >= 11 is 9.22. The first-order chi connectivity index (χ1) is 9.51. The third-order valence-electron chi connectivity index (χ3n) is 2.67. The quantitative estimate of drug-likeness (QED) is 0.820. The van der Waals surface area contributed by atoms with E-state index in [4.69, 9.17) is 22.1 Å². The van der Waals surface area contributed by atoms with Crippen LogP contribution in [0.25, 0.3) is 0 Å². The lowest BCUT2D eigenvalue weighted by Crippen LogP contribution is -2.12. The molecule has 0 bridgehead atoms. The monoisotopic (exact) mass is 354 g/mol. The van der Waals surface area contributed by atoms with E-state index in [2.05, 4.69) is 21.2 Å². The van der Waals surface area contributed by atoms with Crippen LogP contribution in [0.4, 0.5) is 11.4 Å². The number of hydrogen-bond donors (Lipinski definition) is 2. The Labute approximate surface area is 130 Å². The Kier molecular flexibility index (Phi) is 4.52. The first kappa shape index (κ1) is 14.7. The van der Waals surface area contributed by atoms with Crippen LogP contribution in [0.3, 0.4) is 0 Å². The number of nitrogens with two attached hydrogens (primary N) is 1. The zero-order chi connectivity index (χ0) is 14.7. The molecule has 104 valence electrons. The Balaban J connectivity index is 2.21. The molecule has 0 aromatic heterocycles. The van der Waals surface area contributed by atoms with E-state index in [9.17, 15) is 4.79 Å². The van der Waals surface area contributed by atoms with Gasteiger partial charge in [0.1, 0.15) is 5.75 Å². The summed E-state index contributed by atoms with van der Waals surface area (Å²) in [5, 5.41) is 3.25. The van der Waals surface area contributed by atoms with Gasteiger partial charge in [-0.25, -0.2) is 0 Å². The molecule has 0 unspecified atom stereocenters. The minimum absolute atomic E-state index is 0.241. The minimum Gasteiger partial charge on any atom is -0.495 e. The zero-order valence-corrected chi connectivity index (χ0v) is 13.0. The fourth-order valence-electron chi connectivity index (χ4n) is 1.61. The number of methoxy groups -OCH3 is 1. The molecule has 4 nitrogen and oxygen atoms in total. The second kappa shape index (κ2) is 6.15. The number of nitrogen functional groups attached to an aromatic ring is 1. The van der Waals surface area contributed by atoms with Crippen LogP contribution in [-0.4, -0.2) is 13.0 Å². The van der Waals surface area contributed by atoms with Gasteiger partial charge in [0, 0.05) is 27.5 Å². The SMILES string of the molecule is COc1cc(NC(=O)c2ccc(N)c(Br)c2)ccc1Cl. The van der Waals surface area contributed by atoms with Crippen LogP contribution in [-0.2, 0) is 0 Å². The van der Waals surface area contributed by atoms with Crippen molar-refractivity contribution in [2.45, 2.75) is 0 Å². The van der Waals surface area contributed by atoms with Crippen molar-refractivity contribution in [1.29, 1.82) is 0 Å². The van der Waals surface area contributed by atoms with Gasteiger partial charge < -0.3 is 15.8 Å². The van der Waals surface area contributed by atoms with E-state index >= 15 is 0 Å². The molecule has 3 N–H and O–H groups in total. The fraction of sp³-hybridized carbons (Fsp3) is 0.0714. The van der Waals surface area contributed by atoms with E-state index in [1.807, 2.05) is 0 Å². The molecule has 0 spiro atoms. The van der Waals surface area contributed by atoms with Gasteiger partial charge in [0.2, 0.25) is 0 Å². The van der Waals surface area contributed by atoms with E-state index < -0.39 is 0 Å². The number of rotatable bonds is 3. The van der Waals surface area contributed by atoms with Crippen LogP contribution in [0.15, 0.2) is 40.9 Å². The van der Waals surface area contributed by atoms with Gasteiger partial charge in [-0.3, -0.25) is 4.79 Å². The van der Waals surface area contributed by atoms with Gasteiger partial charge in [0.25, 0.3) is 5.91 Å². The summed E-state index contributed by atoms with van der Waals surface area (Å²) < 4.78 is 5.78. The number of nitrogens with one attached hydrogen (secondary N) is 1. The molecule has 0 aliphatic rings. The second-order valence-electron chi connectivity index (χ2n) is 4.04. The van der Waals surface area contributed by atoms with E-state index in [1.54, 1.807) is 36.4 Å². The summed E-state index contributed by atoms with van der Waals surface area (Å²) in [6, 6.07) is 10.0. The fourth-order valence-corrected chi connectivity index (χ4v) is 2.18. The summed E-state index contributed by atoms with van der Waals surface area (Å²) in [7, 11) is 1.52. The molecule has 2 aromatic carbocycles.